The summed E-state index contributed by atoms with van der Waals surface area (Å²) in [7, 11) is 0. The molecule has 0 aliphatic carbocycles. The molecule has 168 valence electrons. The van der Waals surface area contributed by atoms with Crippen molar-refractivity contribution in [1.82, 2.24) is 19.9 Å². The maximum absolute atomic E-state index is 14.8. The van der Waals surface area contributed by atoms with Gasteiger partial charge in [-0.3, -0.25) is 0 Å². The Hall–Kier alpha value is -3.83. The highest BCUT2D eigenvalue weighted by atomic mass is 35.5. The number of nitrogens with zero attached hydrogens (tertiary/aromatic N) is 2. The molecular formula is C19H18Cl2F2N8O. The maximum Gasteiger partial charge on any atom is 0.323 e. The zero-order valence-electron chi connectivity index (χ0n) is 16.1. The van der Waals surface area contributed by atoms with E-state index in [1.807, 2.05) is 0 Å². The van der Waals surface area contributed by atoms with Crippen molar-refractivity contribution in [3.05, 3.63) is 60.4 Å². The van der Waals surface area contributed by atoms with Crippen LogP contribution in [0.25, 0.3) is 22.5 Å². The van der Waals surface area contributed by atoms with Crippen molar-refractivity contribution in [1.29, 1.82) is 0 Å². The van der Waals surface area contributed by atoms with E-state index < -0.39 is 17.7 Å². The topological polar surface area (TPSA) is 151 Å². The summed E-state index contributed by atoms with van der Waals surface area (Å²) >= 11 is 0. The lowest BCUT2D eigenvalue weighted by Gasteiger charge is -2.12. The van der Waals surface area contributed by atoms with Crippen molar-refractivity contribution in [3.63, 3.8) is 0 Å². The van der Waals surface area contributed by atoms with Gasteiger partial charge >= 0.3 is 6.03 Å². The lowest BCUT2D eigenvalue weighted by Crippen LogP contribution is -2.21. The number of benzene rings is 2. The Labute approximate surface area is 192 Å². The minimum Gasteiger partial charge on any atom is -0.369 e. The molecule has 32 heavy (non-hydrogen) atoms. The molecule has 0 atom stereocenters. The summed E-state index contributed by atoms with van der Waals surface area (Å²) in [5.74, 6) is -1.12. The van der Waals surface area contributed by atoms with Crippen LogP contribution in [0.1, 0.15) is 0 Å². The van der Waals surface area contributed by atoms with Gasteiger partial charge < -0.3 is 32.1 Å². The van der Waals surface area contributed by atoms with Crippen LogP contribution in [-0.2, 0) is 0 Å². The largest absolute Gasteiger partial charge is 0.369 e. The molecule has 4 rings (SSSR count). The van der Waals surface area contributed by atoms with E-state index in [-0.39, 0.29) is 59.2 Å². The van der Waals surface area contributed by atoms with Crippen LogP contribution in [0.15, 0.2) is 48.8 Å². The van der Waals surface area contributed by atoms with Crippen molar-refractivity contribution in [2.45, 2.75) is 0 Å². The standard InChI is InChI=1S/C19H16F2N8O.2ClH/c20-15-9(13-7-24-17(22)26-13)3-1-5-11(15)28-19(30)29-12-6-2-4-10(16(12)21)14-8-25-18(23)27-14;;/h1-8H,(H3,22,24,26)(H3,23,25,27)(H2,28,29,30);2*1H. The lowest BCUT2D eigenvalue weighted by molar-refractivity contribution is 0.262. The van der Waals surface area contributed by atoms with Crippen LogP contribution in [0, 0.1) is 11.6 Å². The minimum atomic E-state index is -0.824. The Morgan fingerprint density at radius 1 is 0.781 bits per heavy atom. The molecule has 2 heterocycles. The molecule has 4 aromatic rings. The van der Waals surface area contributed by atoms with Crippen molar-refractivity contribution in [2.75, 3.05) is 22.1 Å². The molecule has 2 aromatic carbocycles. The van der Waals surface area contributed by atoms with Crippen molar-refractivity contribution >= 4 is 54.1 Å². The van der Waals surface area contributed by atoms with Crippen molar-refractivity contribution in [2.24, 2.45) is 0 Å². The number of carbonyl (C=O) groups is 1. The van der Waals surface area contributed by atoms with Gasteiger partial charge in [-0.2, -0.15) is 0 Å². The van der Waals surface area contributed by atoms with Gasteiger partial charge in [0.1, 0.15) is 0 Å². The predicted octanol–water partition coefficient (Wildman–Crippen LogP) is 4.40. The molecule has 0 aliphatic rings. The van der Waals surface area contributed by atoms with E-state index in [1.165, 1.54) is 36.7 Å². The fourth-order valence-electron chi connectivity index (χ4n) is 2.90. The minimum absolute atomic E-state index is 0. The van der Waals surface area contributed by atoms with Crippen LogP contribution in [-0.4, -0.2) is 26.0 Å². The predicted molar refractivity (Wildman–Crippen MR) is 124 cm³/mol. The van der Waals surface area contributed by atoms with Crippen LogP contribution in [0.2, 0.25) is 0 Å². The van der Waals surface area contributed by atoms with E-state index in [0.717, 1.165) is 0 Å². The first-order valence-electron chi connectivity index (χ1n) is 8.69. The molecule has 0 bridgehead atoms. The molecule has 0 saturated heterocycles. The smallest absolute Gasteiger partial charge is 0.323 e. The summed E-state index contributed by atoms with van der Waals surface area (Å²) in [4.78, 5) is 25.4. The average molecular weight is 483 g/mol. The second-order valence-electron chi connectivity index (χ2n) is 6.28. The molecular weight excluding hydrogens is 465 g/mol. The number of H-pyrrole nitrogens is 2. The Kier molecular flexibility index (Phi) is 7.63. The fraction of sp³-hybridized carbons (Fsp3) is 0. The summed E-state index contributed by atoms with van der Waals surface area (Å²) in [6, 6.07) is 8.03. The zero-order chi connectivity index (χ0) is 21.3. The highest BCUT2D eigenvalue weighted by molar-refractivity contribution is 6.00. The summed E-state index contributed by atoms with van der Waals surface area (Å²) < 4.78 is 29.6. The first-order valence-corrected chi connectivity index (χ1v) is 8.69. The third kappa shape index (κ3) is 4.90. The Bertz CT molecular complexity index is 1150. The van der Waals surface area contributed by atoms with Gasteiger partial charge in [-0.05, 0) is 24.3 Å². The Balaban J connectivity index is 0.00000181. The fourth-order valence-corrected chi connectivity index (χ4v) is 2.90. The second-order valence-corrected chi connectivity index (χ2v) is 6.28. The Morgan fingerprint density at radius 2 is 1.19 bits per heavy atom. The molecule has 0 radical (unpaired) electrons. The third-order valence-corrected chi connectivity index (χ3v) is 4.27. The summed E-state index contributed by atoms with van der Waals surface area (Å²) in [5, 5.41) is 4.74. The molecule has 13 heteroatoms. The highest BCUT2D eigenvalue weighted by Gasteiger charge is 2.16. The van der Waals surface area contributed by atoms with Gasteiger partial charge in [0, 0.05) is 11.1 Å². The van der Waals surface area contributed by atoms with Gasteiger partial charge in [-0.1, -0.05) is 12.1 Å². The second kappa shape index (κ2) is 9.98. The van der Waals surface area contributed by atoms with Gasteiger partial charge in [0.15, 0.2) is 23.5 Å². The Morgan fingerprint density at radius 3 is 1.53 bits per heavy atom. The van der Waals surface area contributed by atoms with Crippen LogP contribution >= 0.6 is 24.8 Å². The molecule has 0 unspecified atom stereocenters. The monoisotopic (exact) mass is 482 g/mol. The van der Waals surface area contributed by atoms with Crippen LogP contribution < -0.4 is 22.1 Å². The van der Waals surface area contributed by atoms with Gasteiger partial charge in [-0.15, -0.1) is 24.8 Å². The number of halogens is 4. The van der Waals surface area contributed by atoms with Gasteiger partial charge in [-0.25, -0.2) is 23.5 Å². The maximum atomic E-state index is 14.8. The lowest BCUT2D eigenvalue weighted by atomic mass is 10.1. The molecule has 0 fully saturated rings. The first-order chi connectivity index (χ1) is 14.4. The quantitative estimate of drug-likeness (QED) is 0.254. The average Bonchev–Trinajstić information content (AvgIpc) is 3.33. The number of nitrogen functional groups attached to an aromatic ring is 2. The van der Waals surface area contributed by atoms with Gasteiger partial charge in [0.05, 0.1) is 35.2 Å². The number of carbonyl (C=O) groups excluding carboxylic acids is 1. The van der Waals surface area contributed by atoms with Crippen LogP contribution in [0.4, 0.5) is 36.8 Å². The first kappa shape index (κ1) is 24.4. The van der Waals surface area contributed by atoms with Crippen molar-refractivity contribution < 1.29 is 13.6 Å². The van der Waals surface area contributed by atoms with E-state index in [2.05, 4.69) is 30.6 Å². The number of imidazole rings is 2. The van der Waals surface area contributed by atoms with Gasteiger partial charge in [0.25, 0.3) is 0 Å². The number of aromatic amines is 2. The summed E-state index contributed by atoms with van der Waals surface area (Å²) in [6.07, 6.45) is 2.75. The summed E-state index contributed by atoms with van der Waals surface area (Å²) in [6.45, 7) is 0. The van der Waals surface area contributed by atoms with E-state index in [0.29, 0.717) is 11.4 Å². The van der Waals surface area contributed by atoms with Crippen molar-refractivity contribution in [3.8, 4) is 22.5 Å². The molecule has 0 aliphatic heterocycles. The molecule has 0 spiro atoms. The highest BCUT2D eigenvalue weighted by Crippen LogP contribution is 2.29. The van der Waals surface area contributed by atoms with Crippen LogP contribution in [0.5, 0.6) is 0 Å². The number of hydrogen-bond acceptors (Lipinski definition) is 5. The number of aromatic nitrogens is 4. The number of nitrogens with two attached hydrogens (primary N) is 2. The normalized spacial score (nSPS) is 10.1. The SMILES string of the molecule is Cl.Cl.Nc1ncc(-c2cccc(NC(=O)Nc3cccc(-c4cnc(N)[nH]4)c3F)c2F)[nH]1. The number of anilines is 4. The van der Waals surface area contributed by atoms with Gasteiger partial charge in [0.2, 0.25) is 0 Å². The zero-order valence-corrected chi connectivity index (χ0v) is 17.8. The molecule has 9 nitrogen and oxygen atoms in total. The number of nitrogens with one attached hydrogen (secondary N) is 4. The van der Waals surface area contributed by atoms with E-state index in [1.54, 1.807) is 12.1 Å². The van der Waals surface area contributed by atoms with Crippen LogP contribution in [0.3, 0.4) is 0 Å². The molecule has 2 amide bonds. The molecule has 2 aromatic heterocycles. The molecule has 0 saturated carbocycles. The number of hydrogen-bond donors (Lipinski definition) is 6. The molecule has 8 N–H and O–H groups in total. The number of amides is 2. The third-order valence-electron chi connectivity index (χ3n) is 4.27. The number of urea groups is 1. The summed E-state index contributed by atoms with van der Waals surface area (Å²) in [5.41, 5.74) is 11.9. The van der Waals surface area contributed by atoms with E-state index in [4.69, 9.17) is 11.5 Å². The van der Waals surface area contributed by atoms with E-state index >= 15 is 0 Å². The van der Waals surface area contributed by atoms with E-state index in [9.17, 15) is 13.6 Å². The number of rotatable bonds is 4.